The van der Waals surface area contributed by atoms with Gasteiger partial charge in [0.2, 0.25) is 5.91 Å². The van der Waals surface area contributed by atoms with Gasteiger partial charge in [0, 0.05) is 44.7 Å². The van der Waals surface area contributed by atoms with Crippen LogP contribution >= 0.6 is 11.6 Å². The van der Waals surface area contributed by atoms with E-state index in [1.807, 2.05) is 24.3 Å². The molecule has 0 saturated carbocycles. The summed E-state index contributed by atoms with van der Waals surface area (Å²) in [5.41, 5.74) is 0.977. The van der Waals surface area contributed by atoms with Crippen molar-refractivity contribution in [1.82, 2.24) is 9.80 Å². The molecule has 1 unspecified atom stereocenters. The molecular formula is C17H25ClN2O3. The number of carbonyl (C=O) groups excluding carboxylic acids is 1. The number of β-amino-alcohol motifs (C(OH)–C–C–N with tert-alkyl or cyclic N) is 1. The Bertz CT molecular complexity index is 506. The molecule has 1 fully saturated rings. The molecule has 1 saturated heterocycles. The summed E-state index contributed by atoms with van der Waals surface area (Å²) in [4.78, 5) is 16.0. The van der Waals surface area contributed by atoms with Crippen molar-refractivity contribution in [3.05, 3.63) is 34.9 Å². The molecule has 0 spiro atoms. The van der Waals surface area contributed by atoms with Crippen LogP contribution in [0.2, 0.25) is 5.02 Å². The summed E-state index contributed by atoms with van der Waals surface area (Å²) in [6.45, 7) is 4.01. The number of rotatable bonds is 7. The third-order valence-electron chi connectivity index (χ3n) is 4.05. The van der Waals surface area contributed by atoms with Crippen LogP contribution in [0.5, 0.6) is 0 Å². The minimum absolute atomic E-state index is 0.0194. The number of ether oxygens (including phenoxy) is 1. The number of aryl methyl sites for hydroxylation is 1. The number of likely N-dealkylation sites (N-methyl/N-ethyl adjacent to an activating group) is 1. The maximum absolute atomic E-state index is 12.2. The summed E-state index contributed by atoms with van der Waals surface area (Å²) < 4.78 is 5.29. The first-order valence-electron chi connectivity index (χ1n) is 8.02. The Hall–Kier alpha value is -1.14. The molecule has 128 valence electrons. The first kappa shape index (κ1) is 18.2. The Kier molecular flexibility index (Phi) is 7.30. The van der Waals surface area contributed by atoms with Gasteiger partial charge in [0.25, 0.3) is 0 Å². The van der Waals surface area contributed by atoms with Crippen LogP contribution in [0.1, 0.15) is 12.0 Å². The molecule has 0 aliphatic carbocycles. The molecule has 1 aromatic rings. The van der Waals surface area contributed by atoms with E-state index in [1.165, 1.54) is 0 Å². The van der Waals surface area contributed by atoms with Crippen molar-refractivity contribution in [3.63, 3.8) is 0 Å². The average Bonchev–Trinajstić information content (AvgIpc) is 2.54. The second-order valence-corrected chi connectivity index (χ2v) is 6.34. The second-order valence-electron chi connectivity index (χ2n) is 5.93. The molecule has 23 heavy (non-hydrogen) atoms. The van der Waals surface area contributed by atoms with Gasteiger partial charge >= 0.3 is 0 Å². The average molecular weight is 341 g/mol. The molecule has 1 atom stereocenters. The SMILES string of the molecule is CN(CC(O)CN1CCOCC1)C(=O)CCc1ccccc1Cl. The van der Waals surface area contributed by atoms with E-state index in [0.29, 0.717) is 44.2 Å². The highest BCUT2D eigenvalue weighted by Crippen LogP contribution is 2.16. The van der Waals surface area contributed by atoms with Crippen molar-refractivity contribution < 1.29 is 14.6 Å². The molecule has 1 aromatic carbocycles. The Morgan fingerprint density at radius 2 is 2.09 bits per heavy atom. The van der Waals surface area contributed by atoms with Gasteiger partial charge in [-0.05, 0) is 18.1 Å². The van der Waals surface area contributed by atoms with Crippen molar-refractivity contribution in [1.29, 1.82) is 0 Å². The van der Waals surface area contributed by atoms with Gasteiger partial charge in [-0.25, -0.2) is 0 Å². The van der Waals surface area contributed by atoms with Gasteiger partial charge in [-0.3, -0.25) is 9.69 Å². The standard InChI is InChI=1S/C17H25ClN2O3/c1-19(12-15(21)13-20-8-10-23-11-9-20)17(22)7-6-14-4-2-3-5-16(14)18/h2-5,15,21H,6-13H2,1H3. The van der Waals surface area contributed by atoms with Crippen molar-refractivity contribution in [2.45, 2.75) is 18.9 Å². The Balaban J connectivity index is 1.72. The molecule has 1 N–H and O–H groups in total. The van der Waals surface area contributed by atoms with E-state index < -0.39 is 6.10 Å². The fourth-order valence-electron chi connectivity index (χ4n) is 2.69. The molecule has 1 heterocycles. The summed E-state index contributed by atoms with van der Waals surface area (Å²) in [5.74, 6) is 0.0194. The predicted octanol–water partition coefficient (Wildman–Crippen LogP) is 1.42. The van der Waals surface area contributed by atoms with Gasteiger partial charge in [0.15, 0.2) is 0 Å². The highest BCUT2D eigenvalue weighted by Gasteiger charge is 2.18. The van der Waals surface area contributed by atoms with Gasteiger partial charge in [-0.15, -0.1) is 0 Å². The van der Waals surface area contributed by atoms with Crippen LogP contribution in [-0.2, 0) is 16.0 Å². The monoisotopic (exact) mass is 340 g/mol. The molecular weight excluding hydrogens is 316 g/mol. The zero-order chi connectivity index (χ0) is 16.7. The number of hydrogen-bond acceptors (Lipinski definition) is 4. The first-order chi connectivity index (χ1) is 11.1. The fraction of sp³-hybridized carbons (Fsp3) is 0.588. The van der Waals surface area contributed by atoms with E-state index in [-0.39, 0.29) is 5.91 Å². The van der Waals surface area contributed by atoms with E-state index >= 15 is 0 Å². The number of carbonyl (C=O) groups is 1. The number of aliphatic hydroxyl groups excluding tert-OH is 1. The Labute approximate surface area is 142 Å². The molecule has 1 aliphatic heterocycles. The Morgan fingerprint density at radius 1 is 1.39 bits per heavy atom. The van der Waals surface area contributed by atoms with Gasteiger partial charge in [0.05, 0.1) is 19.3 Å². The first-order valence-corrected chi connectivity index (χ1v) is 8.39. The zero-order valence-corrected chi connectivity index (χ0v) is 14.3. The quantitative estimate of drug-likeness (QED) is 0.815. The van der Waals surface area contributed by atoms with Crippen LogP contribution in [0.3, 0.4) is 0 Å². The minimum atomic E-state index is -0.539. The fourth-order valence-corrected chi connectivity index (χ4v) is 2.92. The number of morpholine rings is 1. The molecule has 6 heteroatoms. The van der Waals surface area contributed by atoms with Crippen molar-refractivity contribution in [2.24, 2.45) is 0 Å². The van der Waals surface area contributed by atoms with Crippen LogP contribution in [0.25, 0.3) is 0 Å². The third kappa shape index (κ3) is 6.11. The van der Waals surface area contributed by atoms with Gasteiger partial charge in [-0.1, -0.05) is 29.8 Å². The number of nitrogens with zero attached hydrogens (tertiary/aromatic N) is 2. The predicted molar refractivity (Wildman–Crippen MR) is 90.7 cm³/mol. The number of halogens is 1. The van der Waals surface area contributed by atoms with Gasteiger partial charge in [0.1, 0.15) is 0 Å². The second kappa shape index (κ2) is 9.23. The Morgan fingerprint density at radius 3 is 2.78 bits per heavy atom. The number of benzene rings is 1. The minimum Gasteiger partial charge on any atom is -0.390 e. The summed E-state index contributed by atoms with van der Waals surface area (Å²) >= 11 is 6.10. The van der Waals surface area contributed by atoms with Crippen LogP contribution < -0.4 is 0 Å². The lowest BCUT2D eigenvalue weighted by molar-refractivity contribution is -0.131. The molecule has 5 nitrogen and oxygen atoms in total. The highest BCUT2D eigenvalue weighted by molar-refractivity contribution is 6.31. The maximum atomic E-state index is 12.2. The van der Waals surface area contributed by atoms with Crippen molar-refractivity contribution in [2.75, 3.05) is 46.4 Å². The van der Waals surface area contributed by atoms with E-state index in [9.17, 15) is 9.90 Å². The smallest absolute Gasteiger partial charge is 0.222 e. The maximum Gasteiger partial charge on any atom is 0.222 e. The molecule has 2 rings (SSSR count). The molecule has 1 amide bonds. The van der Waals surface area contributed by atoms with Crippen LogP contribution in [-0.4, -0.2) is 73.4 Å². The van der Waals surface area contributed by atoms with Crippen LogP contribution in [0, 0.1) is 0 Å². The van der Waals surface area contributed by atoms with E-state index in [1.54, 1.807) is 11.9 Å². The third-order valence-corrected chi connectivity index (χ3v) is 4.42. The zero-order valence-electron chi connectivity index (χ0n) is 13.6. The van der Waals surface area contributed by atoms with Gasteiger partial charge < -0.3 is 14.7 Å². The summed E-state index contributed by atoms with van der Waals surface area (Å²) in [7, 11) is 1.73. The summed E-state index contributed by atoms with van der Waals surface area (Å²) in [5, 5.41) is 10.8. The number of hydrogen-bond donors (Lipinski definition) is 1. The number of amides is 1. The van der Waals surface area contributed by atoms with E-state index in [0.717, 1.165) is 18.7 Å². The topological polar surface area (TPSA) is 53.0 Å². The van der Waals surface area contributed by atoms with Crippen molar-refractivity contribution in [3.8, 4) is 0 Å². The largest absolute Gasteiger partial charge is 0.390 e. The van der Waals surface area contributed by atoms with Crippen LogP contribution in [0.4, 0.5) is 0 Å². The molecule has 0 bridgehead atoms. The lowest BCUT2D eigenvalue weighted by Crippen LogP contribution is -2.45. The molecule has 0 radical (unpaired) electrons. The lowest BCUT2D eigenvalue weighted by atomic mass is 10.1. The van der Waals surface area contributed by atoms with Gasteiger partial charge in [-0.2, -0.15) is 0 Å². The van der Waals surface area contributed by atoms with E-state index in [4.69, 9.17) is 16.3 Å². The van der Waals surface area contributed by atoms with Crippen LogP contribution in [0.15, 0.2) is 24.3 Å². The summed E-state index contributed by atoms with van der Waals surface area (Å²) in [6.07, 6.45) is 0.467. The normalized spacial score (nSPS) is 17.0. The lowest BCUT2D eigenvalue weighted by Gasteiger charge is -2.30. The summed E-state index contributed by atoms with van der Waals surface area (Å²) in [6, 6.07) is 7.56. The molecule has 0 aromatic heterocycles. The molecule has 1 aliphatic rings. The number of aliphatic hydroxyl groups is 1. The highest BCUT2D eigenvalue weighted by atomic mass is 35.5. The van der Waals surface area contributed by atoms with Crippen molar-refractivity contribution >= 4 is 17.5 Å². The van der Waals surface area contributed by atoms with E-state index in [2.05, 4.69) is 4.90 Å².